The molecule has 5 nitrogen and oxygen atoms in total. The molecular formula is C20H25N3O2. The van der Waals surface area contributed by atoms with Crippen molar-refractivity contribution in [1.82, 2.24) is 15.0 Å². The minimum Gasteiger partial charge on any atom is -0.339 e. The third kappa shape index (κ3) is 4.35. The zero-order valence-corrected chi connectivity index (χ0v) is 15.2. The van der Waals surface area contributed by atoms with E-state index in [1.807, 2.05) is 49.9 Å². The van der Waals surface area contributed by atoms with E-state index in [9.17, 15) is 4.79 Å². The molecule has 1 atom stereocenters. The number of carbonyl (C=O) groups excluding carboxylic acids is 1. The van der Waals surface area contributed by atoms with E-state index in [1.54, 1.807) is 6.08 Å². The Labute approximate surface area is 148 Å². The van der Waals surface area contributed by atoms with Crippen LogP contribution in [0.2, 0.25) is 0 Å². The topological polar surface area (TPSA) is 59.2 Å². The summed E-state index contributed by atoms with van der Waals surface area (Å²) in [5, 5.41) is 4.13. The van der Waals surface area contributed by atoms with Gasteiger partial charge in [0.2, 0.25) is 17.6 Å². The average Bonchev–Trinajstić information content (AvgIpc) is 3.03. The molecule has 1 unspecified atom stereocenters. The summed E-state index contributed by atoms with van der Waals surface area (Å²) in [6.07, 6.45) is 4.54. The molecule has 1 saturated heterocycles. The Morgan fingerprint density at radius 3 is 2.92 bits per heavy atom. The minimum absolute atomic E-state index is 0.107. The molecule has 1 fully saturated rings. The van der Waals surface area contributed by atoms with Crippen LogP contribution in [0.3, 0.4) is 0 Å². The highest BCUT2D eigenvalue weighted by Gasteiger charge is 2.24. The van der Waals surface area contributed by atoms with Gasteiger partial charge in [-0.15, -0.1) is 0 Å². The Hall–Kier alpha value is -2.43. The molecule has 1 aromatic carbocycles. The summed E-state index contributed by atoms with van der Waals surface area (Å²) in [6, 6.07) is 8.02. The number of amides is 1. The lowest BCUT2D eigenvalue weighted by Gasteiger charge is -2.31. The van der Waals surface area contributed by atoms with Crippen molar-refractivity contribution in [2.45, 2.75) is 40.0 Å². The van der Waals surface area contributed by atoms with Gasteiger partial charge in [-0.05, 0) is 45.1 Å². The first-order chi connectivity index (χ1) is 12.0. The number of hydrogen-bond donors (Lipinski definition) is 0. The van der Waals surface area contributed by atoms with Crippen molar-refractivity contribution in [3.05, 3.63) is 47.4 Å². The SMILES string of the molecule is CC(C)=CC(=O)N1CCCC(Cc2nc(-c3ccccc3C)no2)C1. The van der Waals surface area contributed by atoms with Gasteiger partial charge in [0.15, 0.2) is 0 Å². The lowest BCUT2D eigenvalue weighted by molar-refractivity contribution is -0.127. The highest BCUT2D eigenvalue weighted by Crippen LogP contribution is 2.24. The van der Waals surface area contributed by atoms with Crippen LogP contribution in [-0.2, 0) is 11.2 Å². The zero-order chi connectivity index (χ0) is 17.8. The fourth-order valence-corrected chi connectivity index (χ4v) is 3.29. The molecule has 0 N–H and O–H groups in total. The number of allylic oxidation sites excluding steroid dienone is 1. The van der Waals surface area contributed by atoms with E-state index >= 15 is 0 Å². The first-order valence-electron chi connectivity index (χ1n) is 8.85. The van der Waals surface area contributed by atoms with Gasteiger partial charge in [0, 0.05) is 31.1 Å². The van der Waals surface area contributed by atoms with E-state index in [0.717, 1.165) is 49.1 Å². The third-order valence-corrected chi connectivity index (χ3v) is 4.56. The smallest absolute Gasteiger partial charge is 0.246 e. The Balaban J connectivity index is 1.66. The number of piperidine rings is 1. The third-order valence-electron chi connectivity index (χ3n) is 4.56. The number of aryl methyl sites for hydroxylation is 1. The van der Waals surface area contributed by atoms with Crippen molar-refractivity contribution in [3.8, 4) is 11.4 Å². The van der Waals surface area contributed by atoms with Crippen LogP contribution in [0.5, 0.6) is 0 Å². The number of benzene rings is 1. The van der Waals surface area contributed by atoms with Crippen molar-refractivity contribution in [2.24, 2.45) is 5.92 Å². The van der Waals surface area contributed by atoms with E-state index in [2.05, 4.69) is 10.1 Å². The van der Waals surface area contributed by atoms with E-state index in [0.29, 0.717) is 17.6 Å². The molecule has 0 aliphatic carbocycles. The molecular weight excluding hydrogens is 314 g/mol. The lowest BCUT2D eigenvalue weighted by Crippen LogP contribution is -2.39. The molecule has 5 heteroatoms. The Morgan fingerprint density at radius 2 is 2.16 bits per heavy atom. The zero-order valence-electron chi connectivity index (χ0n) is 15.2. The van der Waals surface area contributed by atoms with Gasteiger partial charge >= 0.3 is 0 Å². The summed E-state index contributed by atoms with van der Waals surface area (Å²) in [5.74, 6) is 1.77. The first kappa shape index (κ1) is 17.4. The van der Waals surface area contributed by atoms with Gasteiger partial charge in [-0.1, -0.05) is 35.0 Å². The summed E-state index contributed by atoms with van der Waals surface area (Å²) in [5.41, 5.74) is 3.17. The normalized spacial score (nSPS) is 17.4. The summed E-state index contributed by atoms with van der Waals surface area (Å²) in [4.78, 5) is 18.7. The molecule has 0 spiro atoms. The monoisotopic (exact) mass is 339 g/mol. The quantitative estimate of drug-likeness (QED) is 0.795. The molecule has 1 aromatic heterocycles. The average molecular weight is 339 g/mol. The van der Waals surface area contributed by atoms with Crippen LogP contribution in [0.4, 0.5) is 0 Å². The first-order valence-corrected chi connectivity index (χ1v) is 8.85. The number of likely N-dealkylation sites (tertiary alicyclic amines) is 1. The highest BCUT2D eigenvalue weighted by atomic mass is 16.5. The fraction of sp³-hybridized carbons (Fsp3) is 0.450. The molecule has 25 heavy (non-hydrogen) atoms. The van der Waals surface area contributed by atoms with Crippen LogP contribution in [0, 0.1) is 12.8 Å². The number of nitrogens with zero attached hydrogens (tertiary/aromatic N) is 3. The number of aromatic nitrogens is 2. The molecule has 2 aromatic rings. The van der Waals surface area contributed by atoms with E-state index in [1.165, 1.54) is 0 Å². The van der Waals surface area contributed by atoms with Gasteiger partial charge in [-0.25, -0.2) is 0 Å². The van der Waals surface area contributed by atoms with E-state index in [-0.39, 0.29) is 5.91 Å². The van der Waals surface area contributed by atoms with Gasteiger partial charge in [0.1, 0.15) is 0 Å². The predicted molar refractivity (Wildman–Crippen MR) is 96.9 cm³/mol. The molecule has 0 bridgehead atoms. The van der Waals surface area contributed by atoms with E-state index < -0.39 is 0 Å². The maximum absolute atomic E-state index is 12.2. The molecule has 2 heterocycles. The number of hydrogen-bond acceptors (Lipinski definition) is 4. The maximum Gasteiger partial charge on any atom is 0.246 e. The molecule has 1 amide bonds. The second-order valence-electron chi connectivity index (χ2n) is 7.04. The summed E-state index contributed by atoms with van der Waals surface area (Å²) >= 11 is 0. The molecule has 1 aliphatic rings. The Morgan fingerprint density at radius 1 is 1.36 bits per heavy atom. The van der Waals surface area contributed by atoms with Crippen molar-refractivity contribution in [2.75, 3.05) is 13.1 Å². The van der Waals surface area contributed by atoms with Crippen LogP contribution in [0.25, 0.3) is 11.4 Å². The second-order valence-corrected chi connectivity index (χ2v) is 7.04. The second kappa shape index (κ2) is 7.64. The van der Waals surface area contributed by atoms with Crippen molar-refractivity contribution < 1.29 is 9.32 Å². The Kier molecular flexibility index (Phi) is 5.31. The van der Waals surface area contributed by atoms with Crippen LogP contribution in [0.15, 0.2) is 40.4 Å². The number of carbonyl (C=O) groups is 1. The maximum atomic E-state index is 12.2. The summed E-state index contributed by atoms with van der Waals surface area (Å²) < 4.78 is 5.46. The van der Waals surface area contributed by atoms with Gasteiger partial charge in [0.25, 0.3) is 0 Å². The molecule has 1 aliphatic heterocycles. The highest BCUT2D eigenvalue weighted by molar-refractivity contribution is 5.88. The van der Waals surface area contributed by atoms with Crippen LogP contribution >= 0.6 is 0 Å². The number of rotatable bonds is 4. The standard InChI is InChI=1S/C20H25N3O2/c1-14(2)11-19(24)23-10-6-8-16(13-23)12-18-21-20(22-25-18)17-9-5-4-7-15(17)3/h4-5,7,9,11,16H,6,8,10,12-13H2,1-3H3. The van der Waals surface area contributed by atoms with Crippen molar-refractivity contribution in [3.63, 3.8) is 0 Å². The van der Waals surface area contributed by atoms with E-state index in [4.69, 9.17) is 4.52 Å². The van der Waals surface area contributed by atoms with Crippen LogP contribution in [-0.4, -0.2) is 34.0 Å². The molecule has 3 rings (SSSR count). The molecule has 0 radical (unpaired) electrons. The van der Waals surface area contributed by atoms with Gasteiger partial charge < -0.3 is 9.42 Å². The fourth-order valence-electron chi connectivity index (χ4n) is 3.29. The van der Waals surface area contributed by atoms with Gasteiger partial charge in [-0.3, -0.25) is 4.79 Å². The largest absolute Gasteiger partial charge is 0.339 e. The van der Waals surface area contributed by atoms with Gasteiger partial charge in [0.05, 0.1) is 0 Å². The predicted octanol–water partition coefficient (Wildman–Crippen LogP) is 3.79. The van der Waals surface area contributed by atoms with Crippen LogP contribution < -0.4 is 0 Å². The molecule has 0 saturated carbocycles. The lowest BCUT2D eigenvalue weighted by atomic mass is 9.94. The summed E-state index contributed by atoms with van der Waals surface area (Å²) in [6.45, 7) is 7.52. The van der Waals surface area contributed by atoms with Gasteiger partial charge in [-0.2, -0.15) is 4.98 Å². The Bertz CT molecular complexity index is 775. The minimum atomic E-state index is 0.107. The van der Waals surface area contributed by atoms with Crippen LogP contribution in [0.1, 0.15) is 38.1 Å². The van der Waals surface area contributed by atoms with Crippen molar-refractivity contribution >= 4 is 5.91 Å². The van der Waals surface area contributed by atoms with Crippen molar-refractivity contribution in [1.29, 1.82) is 0 Å². The molecule has 132 valence electrons. The summed E-state index contributed by atoms with van der Waals surface area (Å²) in [7, 11) is 0.